The maximum Gasteiger partial charge on any atom is 0.120 e. The SMILES string of the molecule is Cn1cc(COc2ccc3c(c2)CC[C@@H]3N)cn1. The molecule has 1 aromatic carbocycles. The van der Waals surface area contributed by atoms with Crippen LogP contribution < -0.4 is 10.5 Å². The van der Waals surface area contributed by atoms with E-state index >= 15 is 0 Å². The van der Waals surface area contributed by atoms with Crippen LogP contribution in [0.1, 0.15) is 29.2 Å². The van der Waals surface area contributed by atoms with Crippen LogP contribution in [0.3, 0.4) is 0 Å². The normalized spacial score (nSPS) is 17.8. The van der Waals surface area contributed by atoms with Crippen molar-refractivity contribution in [3.05, 3.63) is 47.3 Å². The lowest BCUT2D eigenvalue weighted by Crippen LogP contribution is -2.05. The zero-order valence-corrected chi connectivity index (χ0v) is 10.5. The van der Waals surface area contributed by atoms with Gasteiger partial charge in [-0.15, -0.1) is 0 Å². The van der Waals surface area contributed by atoms with Crippen LogP contribution in [-0.4, -0.2) is 9.78 Å². The molecule has 0 unspecified atom stereocenters. The maximum absolute atomic E-state index is 6.01. The molecule has 2 N–H and O–H groups in total. The van der Waals surface area contributed by atoms with Gasteiger partial charge in [0.25, 0.3) is 0 Å². The van der Waals surface area contributed by atoms with E-state index in [0.29, 0.717) is 6.61 Å². The Hall–Kier alpha value is -1.81. The van der Waals surface area contributed by atoms with Crippen LogP contribution in [0, 0.1) is 0 Å². The number of fused-ring (bicyclic) bond motifs is 1. The highest BCUT2D eigenvalue weighted by molar-refractivity contribution is 5.40. The first kappa shape index (κ1) is 11.3. The smallest absolute Gasteiger partial charge is 0.120 e. The molecule has 3 rings (SSSR count). The number of nitrogens with two attached hydrogens (primary N) is 1. The first-order valence-electron chi connectivity index (χ1n) is 6.21. The van der Waals surface area contributed by atoms with Gasteiger partial charge in [0, 0.05) is 24.8 Å². The largest absolute Gasteiger partial charge is 0.489 e. The van der Waals surface area contributed by atoms with Crippen LogP contribution in [-0.2, 0) is 20.1 Å². The molecule has 0 spiro atoms. The molecular weight excluding hydrogens is 226 g/mol. The monoisotopic (exact) mass is 243 g/mol. The Morgan fingerprint density at radius 1 is 1.50 bits per heavy atom. The summed E-state index contributed by atoms with van der Waals surface area (Å²) in [5.41, 5.74) is 9.68. The van der Waals surface area contributed by atoms with E-state index in [2.05, 4.69) is 17.2 Å². The molecule has 4 nitrogen and oxygen atoms in total. The van der Waals surface area contributed by atoms with Gasteiger partial charge in [0.1, 0.15) is 12.4 Å². The van der Waals surface area contributed by atoms with Crippen molar-refractivity contribution in [2.75, 3.05) is 0 Å². The predicted molar refractivity (Wildman–Crippen MR) is 69.2 cm³/mol. The van der Waals surface area contributed by atoms with E-state index < -0.39 is 0 Å². The van der Waals surface area contributed by atoms with Gasteiger partial charge in [-0.2, -0.15) is 5.10 Å². The fourth-order valence-corrected chi connectivity index (χ4v) is 2.43. The maximum atomic E-state index is 6.01. The standard InChI is InChI=1S/C14H17N3O/c1-17-8-10(7-16-17)9-18-12-3-4-13-11(6-12)2-5-14(13)15/h3-4,6-8,14H,2,5,9,15H2,1H3/t14-/m0/s1. The molecular formula is C14H17N3O. The average Bonchev–Trinajstić information content (AvgIpc) is 2.94. The van der Waals surface area contributed by atoms with Gasteiger partial charge >= 0.3 is 0 Å². The van der Waals surface area contributed by atoms with Crippen LogP contribution in [0.5, 0.6) is 5.75 Å². The van der Waals surface area contributed by atoms with Gasteiger partial charge < -0.3 is 10.5 Å². The molecule has 0 aliphatic heterocycles. The molecule has 0 bridgehead atoms. The van der Waals surface area contributed by atoms with Crippen molar-refractivity contribution in [2.45, 2.75) is 25.5 Å². The number of ether oxygens (including phenoxy) is 1. The summed E-state index contributed by atoms with van der Waals surface area (Å²) in [7, 11) is 1.90. The van der Waals surface area contributed by atoms with Crippen molar-refractivity contribution in [1.82, 2.24) is 9.78 Å². The zero-order chi connectivity index (χ0) is 12.5. The summed E-state index contributed by atoms with van der Waals surface area (Å²) in [5, 5.41) is 4.12. The molecule has 0 saturated carbocycles. The minimum atomic E-state index is 0.201. The summed E-state index contributed by atoms with van der Waals surface area (Å²) in [5.74, 6) is 0.909. The fraction of sp³-hybridized carbons (Fsp3) is 0.357. The van der Waals surface area contributed by atoms with Crippen molar-refractivity contribution in [3.8, 4) is 5.75 Å². The Labute approximate surface area is 106 Å². The van der Waals surface area contributed by atoms with E-state index in [1.54, 1.807) is 4.68 Å². The predicted octanol–water partition coefficient (Wildman–Crippen LogP) is 1.95. The Balaban J connectivity index is 1.70. The van der Waals surface area contributed by atoms with E-state index in [1.165, 1.54) is 11.1 Å². The summed E-state index contributed by atoms with van der Waals surface area (Å²) >= 11 is 0. The van der Waals surface area contributed by atoms with Gasteiger partial charge in [-0.05, 0) is 36.1 Å². The quantitative estimate of drug-likeness (QED) is 0.896. The van der Waals surface area contributed by atoms with Crippen molar-refractivity contribution < 1.29 is 4.74 Å². The molecule has 0 amide bonds. The van der Waals surface area contributed by atoms with Crippen LogP contribution in [0.25, 0.3) is 0 Å². The topological polar surface area (TPSA) is 53.1 Å². The molecule has 1 atom stereocenters. The Bertz CT molecular complexity index is 562. The second-order valence-electron chi connectivity index (χ2n) is 4.82. The molecule has 1 aliphatic carbocycles. The Kier molecular flexibility index (Phi) is 2.80. The van der Waals surface area contributed by atoms with Crippen molar-refractivity contribution >= 4 is 0 Å². The van der Waals surface area contributed by atoms with E-state index in [4.69, 9.17) is 10.5 Å². The molecule has 4 heteroatoms. The molecule has 0 fully saturated rings. The first-order valence-corrected chi connectivity index (χ1v) is 6.21. The van der Waals surface area contributed by atoms with E-state index in [1.807, 2.05) is 25.5 Å². The molecule has 2 aromatic rings. The Morgan fingerprint density at radius 2 is 2.39 bits per heavy atom. The van der Waals surface area contributed by atoms with Gasteiger partial charge in [-0.25, -0.2) is 0 Å². The lowest BCUT2D eigenvalue weighted by molar-refractivity contribution is 0.306. The Morgan fingerprint density at radius 3 is 3.17 bits per heavy atom. The van der Waals surface area contributed by atoms with Gasteiger partial charge in [0.2, 0.25) is 0 Å². The summed E-state index contributed by atoms with van der Waals surface area (Å²) in [6.45, 7) is 0.554. The molecule has 0 saturated heterocycles. The molecule has 0 radical (unpaired) electrons. The van der Waals surface area contributed by atoms with Gasteiger partial charge in [0.05, 0.1) is 6.20 Å². The molecule has 18 heavy (non-hydrogen) atoms. The molecule has 1 aliphatic rings. The van der Waals surface area contributed by atoms with Gasteiger partial charge in [-0.3, -0.25) is 4.68 Å². The number of aromatic nitrogens is 2. The van der Waals surface area contributed by atoms with Crippen molar-refractivity contribution in [3.63, 3.8) is 0 Å². The fourth-order valence-electron chi connectivity index (χ4n) is 2.43. The number of rotatable bonds is 3. The second kappa shape index (κ2) is 4.46. The third kappa shape index (κ3) is 2.11. The van der Waals surface area contributed by atoms with Gasteiger partial charge in [0.15, 0.2) is 0 Å². The summed E-state index contributed by atoms with van der Waals surface area (Å²) < 4.78 is 7.55. The summed E-state index contributed by atoms with van der Waals surface area (Å²) in [4.78, 5) is 0. The second-order valence-corrected chi connectivity index (χ2v) is 4.82. The third-order valence-corrected chi connectivity index (χ3v) is 3.40. The first-order chi connectivity index (χ1) is 8.72. The van der Waals surface area contributed by atoms with Crippen LogP contribution in [0.15, 0.2) is 30.6 Å². The highest BCUT2D eigenvalue weighted by atomic mass is 16.5. The number of hydrogen-bond acceptors (Lipinski definition) is 3. The minimum Gasteiger partial charge on any atom is -0.489 e. The number of aryl methyl sites for hydroxylation is 2. The van der Waals surface area contributed by atoms with Crippen LogP contribution in [0.2, 0.25) is 0 Å². The average molecular weight is 243 g/mol. The highest BCUT2D eigenvalue weighted by Gasteiger charge is 2.19. The summed E-state index contributed by atoms with van der Waals surface area (Å²) in [6.07, 6.45) is 5.88. The lowest BCUT2D eigenvalue weighted by atomic mass is 10.1. The van der Waals surface area contributed by atoms with E-state index in [-0.39, 0.29) is 6.04 Å². The molecule has 1 aromatic heterocycles. The number of benzene rings is 1. The van der Waals surface area contributed by atoms with E-state index in [9.17, 15) is 0 Å². The number of nitrogens with zero attached hydrogens (tertiary/aromatic N) is 2. The van der Waals surface area contributed by atoms with Crippen molar-refractivity contribution in [1.29, 1.82) is 0 Å². The van der Waals surface area contributed by atoms with Crippen molar-refractivity contribution in [2.24, 2.45) is 12.8 Å². The zero-order valence-electron chi connectivity index (χ0n) is 10.5. The lowest BCUT2D eigenvalue weighted by Gasteiger charge is -2.08. The third-order valence-electron chi connectivity index (χ3n) is 3.40. The minimum absolute atomic E-state index is 0.201. The van der Waals surface area contributed by atoms with Crippen LogP contribution >= 0.6 is 0 Å². The van der Waals surface area contributed by atoms with Crippen LogP contribution in [0.4, 0.5) is 0 Å². The summed E-state index contributed by atoms with van der Waals surface area (Å²) in [6, 6.07) is 6.40. The van der Waals surface area contributed by atoms with Gasteiger partial charge in [-0.1, -0.05) is 6.07 Å². The highest BCUT2D eigenvalue weighted by Crippen LogP contribution is 2.31. The number of hydrogen-bond donors (Lipinski definition) is 1. The van der Waals surface area contributed by atoms with E-state index in [0.717, 1.165) is 24.2 Å². The molecule has 1 heterocycles. The molecule has 94 valence electrons.